The fourth-order valence-electron chi connectivity index (χ4n) is 2.90. The Balaban J connectivity index is 2.28. The van der Waals surface area contributed by atoms with Crippen molar-refractivity contribution < 1.29 is 13.2 Å². The Hall–Kier alpha value is -1.27. The lowest BCUT2D eigenvalue weighted by atomic mass is 9.85. The molecule has 108 valence electrons. The molecule has 2 aromatic rings. The van der Waals surface area contributed by atoms with E-state index in [-0.39, 0.29) is 18.8 Å². The third-order valence-corrected chi connectivity index (χ3v) is 4.28. The van der Waals surface area contributed by atoms with E-state index in [1.807, 2.05) is 0 Å². The number of benzene rings is 1. The minimum Gasteiger partial charge on any atom is -0.329 e. The predicted octanol–water partition coefficient (Wildman–Crippen LogP) is 3.02. The number of halogens is 4. The number of aromatic nitrogens is 2. The number of imidazole rings is 1. The Morgan fingerprint density at radius 2 is 2.15 bits per heavy atom. The maximum atomic E-state index is 13.6. The smallest absolute Gasteiger partial charge is 0.329 e. The monoisotopic (exact) mass is 303 g/mol. The largest absolute Gasteiger partial charge is 0.402 e. The molecule has 0 saturated carbocycles. The van der Waals surface area contributed by atoms with Gasteiger partial charge in [0.25, 0.3) is 0 Å². The van der Waals surface area contributed by atoms with E-state index < -0.39 is 11.6 Å². The first kappa shape index (κ1) is 13.7. The van der Waals surface area contributed by atoms with Crippen LogP contribution in [0.3, 0.4) is 0 Å². The molecule has 3 nitrogen and oxygen atoms in total. The molecule has 1 atom stereocenters. The Labute approximate surface area is 118 Å². The molecule has 0 aliphatic carbocycles. The first-order valence-electron chi connectivity index (χ1n) is 6.26. The van der Waals surface area contributed by atoms with Crippen molar-refractivity contribution in [2.24, 2.45) is 7.05 Å². The van der Waals surface area contributed by atoms with Crippen LogP contribution in [0.15, 0.2) is 18.2 Å². The second-order valence-electron chi connectivity index (χ2n) is 5.11. The van der Waals surface area contributed by atoms with Crippen LogP contribution < -0.4 is 5.32 Å². The zero-order chi connectivity index (χ0) is 14.5. The van der Waals surface area contributed by atoms with Gasteiger partial charge in [0.2, 0.25) is 0 Å². The molecule has 1 aliphatic rings. The van der Waals surface area contributed by atoms with Gasteiger partial charge in [0.05, 0.1) is 16.1 Å². The summed E-state index contributed by atoms with van der Waals surface area (Å²) in [4.78, 5) is 4.21. The van der Waals surface area contributed by atoms with Crippen LogP contribution in [0, 0.1) is 0 Å². The lowest BCUT2D eigenvalue weighted by Crippen LogP contribution is -2.46. The average molecular weight is 304 g/mol. The SMILES string of the molecule is Cn1c(C2(C(F)(F)F)CCNC2)nc2cccc(Cl)c21. The zero-order valence-corrected chi connectivity index (χ0v) is 11.5. The van der Waals surface area contributed by atoms with E-state index in [9.17, 15) is 13.2 Å². The van der Waals surface area contributed by atoms with E-state index in [2.05, 4.69) is 10.3 Å². The van der Waals surface area contributed by atoms with Crippen LogP contribution >= 0.6 is 11.6 Å². The second kappa shape index (κ2) is 4.36. The standard InChI is InChI=1S/C13H13ClF3N3/c1-20-10-8(14)3-2-4-9(10)19-11(20)12(13(15,16)17)5-6-18-7-12/h2-4,18H,5-7H2,1H3. The number of hydrogen-bond donors (Lipinski definition) is 1. The summed E-state index contributed by atoms with van der Waals surface area (Å²) in [6.07, 6.45) is -4.36. The molecule has 1 aromatic carbocycles. The molecule has 0 bridgehead atoms. The van der Waals surface area contributed by atoms with E-state index in [4.69, 9.17) is 11.6 Å². The summed E-state index contributed by atoms with van der Waals surface area (Å²) in [6, 6.07) is 5.02. The Morgan fingerprint density at radius 1 is 1.40 bits per heavy atom. The van der Waals surface area contributed by atoms with Crippen molar-refractivity contribution in [3.05, 3.63) is 29.0 Å². The van der Waals surface area contributed by atoms with E-state index in [0.29, 0.717) is 22.6 Å². The number of rotatable bonds is 1. The van der Waals surface area contributed by atoms with Gasteiger partial charge in [-0.15, -0.1) is 0 Å². The van der Waals surface area contributed by atoms with Crippen molar-refractivity contribution in [2.75, 3.05) is 13.1 Å². The highest BCUT2D eigenvalue weighted by molar-refractivity contribution is 6.35. The van der Waals surface area contributed by atoms with Gasteiger partial charge < -0.3 is 9.88 Å². The average Bonchev–Trinajstić information content (AvgIpc) is 2.95. The molecule has 1 aromatic heterocycles. The topological polar surface area (TPSA) is 29.9 Å². The van der Waals surface area contributed by atoms with Gasteiger partial charge in [-0.3, -0.25) is 0 Å². The quantitative estimate of drug-likeness (QED) is 0.877. The molecule has 1 saturated heterocycles. The molecule has 0 spiro atoms. The molecule has 20 heavy (non-hydrogen) atoms. The van der Waals surface area contributed by atoms with Crippen molar-refractivity contribution in [3.63, 3.8) is 0 Å². The van der Waals surface area contributed by atoms with Gasteiger partial charge in [0.1, 0.15) is 11.2 Å². The van der Waals surface area contributed by atoms with Crippen molar-refractivity contribution >= 4 is 22.6 Å². The van der Waals surface area contributed by atoms with Crippen molar-refractivity contribution in [2.45, 2.75) is 18.0 Å². The summed E-state index contributed by atoms with van der Waals surface area (Å²) in [5.74, 6) is 0.0260. The number of alkyl halides is 3. The highest BCUT2D eigenvalue weighted by atomic mass is 35.5. The lowest BCUT2D eigenvalue weighted by Gasteiger charge is -2.30. The minimum atomic E-state index is -4.35. The molecule has 1 aliphatic heterocycles. The summed E-state index contributed by atoms with van der Waals surface area (Å²) < 4.78 is 42.2. The first-order chi connectivity index (χ1) is 9.37. The van der Waals surface area contributed by atoms with Crippen LogP contribution in [0.4, 0.5) is 13.2 Å². The number of nitrogens with zero attached hydrogens (tertiary/aromatic N) is 2. The molecule has 1 unspecified atom stereocenters. The Kier molecular flexibility index (Phi) is 2.99. The molecule has 2 heterocycles. The maximum absolute atomic E-state index is 13.6. The molecule has 0 radical (unpaired) electrons. The zero-order valence-electron chi connectivity index (χ0n) is 10.8. The normalized spacial score (nSPS) is 23.6. The summed E-state index contributed by atoms with van der Waals surface area (Å²) in [5, 5.41) is 3.21. The van der Waals surface area contributed by atoms with Gasteiger partial charge in [-0.2, -0.15) is 13.2 Å². The second-order valence-corrected chi connectivity index (χ2v) is 5.52. The van der Waals surface area contributed by atoms with Crippen LogP contribution in [0.5, 0.6) is 0 Å². The van der Waals surface area contributed by atoms with Crippen molar-refractivity contribution in [1.82, 2.24) is 14.9 Å². The Morgan fingerprint density at radius 3 is 2.70 bits per heavy atom. The van der Waals surface area contributed by atoms with Gasteiger partial charge in [0, 0.05) is 13.6 Å². The van der Waals surface area contributed by atoms with E-state index in [0.717, 1.165) is 0 Å². The van der Waals surface area contributed by atoms with E-state index in [1.165, 1.54) is 4.57 Å². The highest BCUT2D eigenvalue weighted by Gasteiger charge is 2.59. The van der Waals surface area contributed by atoms with Crippen LogP contribution in [-0.2, 0) is 12.5 Å². The number of hydrogen-bond acceptors (Lipinski definition) is 2. The number of para-hydroxylation sites is 1. The predicted molar refractivity (Wildman–Crippen MR) is 70.9 cm³/mol. The van der Waals surface area contributed by atoms with Gasteiger partial charge in [0.15, 0.2) is 0 Å². The Bertz CT molecular complexity index is 657. The summed E-state index contributed by atoms with van der Waals surface area (Å²) in [7, 11) is 1.59. The molecule has 1 fully saturated rings. The molecule has 3 rings (SSSR count). The maximum Gasteiger partial charge on any atom is 0.402 e. The van der Waals surface area contributed by atoms with Gasteiger partial charge >= 0.3 is 6.18 Å². The summed E-state index contributed by atoms with van der Waals surface area (Å²) >= 11 is 6.08. The summed E-state index contributed by atoms with van der Waals surface area (Å²) in [6.45, 7) is 0.182. The van der Waals surface area contributed by atoms with Gasteiger partial charge in [-0.25, -0.2) is 4.98 Å². The van der Waals surface area contributed by atoms with E-state index >= 15 is 0 Å². The number of aryl methyl sites for hydroxylation is 1. The molecule has 1 N–H and O–H groups in total. The molecule has 0 amide bonds. The molecular weight excluding hydrogens is 291 g/mol. The van der Waals surface area contributed by atoms with Crippen LogP contribution in [0.2, 0.25) is 5.02 Å². The minimum absolute atomic E-state index is 0.00865. The molecule has 7 heteroatoms. The van der Waals surface area contributed by atoms with Gasteiger partial charge in [-0.1, -0.05) is 17.7 Å². The fraction of sp³-hybridized carbons (Fsp3) is 0.462. The number of fused-ring (bicyclic) bond motifs is 1. The van der Waals surface area contributed by atoms with Crippen molar-refractivity contribution in [1.29, 1.82) is 0 Å². The fourth-order valence-corrected chi connectivity index (χ4v) is 3.20. The van der Waals surface area contributed by atoms with Crippen molar-refractivity contribution in [3.8, 4) is 0 Å². The molecular formula is C13H13ClF3N3. The highest BCUT2D eigenvalue weighted by Crippen LogP contribution is 2.45. The van der Waals surface area contributed by atoms with Crippen LogP contribution in [0.25, 0.3) is 11.0 Å². The third-order valence-electron chi connectivity index (χ3n) is 3.97. The van der Waals surface area contributed by atoms with Crippen LogP contribution in [-0.4, -0.2) is 28.8 Å². The van der Waals surface area contributed by atoms with Gasteiger partial charge in [-0.05, 0) is 25.1 Å². The van der Waals surface area contributed by atoms with Crippen LogP contribution in [0.1, 0.15) is 12.2 Å². The first-order valence-corrected chi connectivity index (χ1v) is 6.63. The number of nitrogens with one attached hydrogen (secondary N) is 1. The third kappa shape index (κ3) is 1.74. The van der Waals surface area contributed by atoms with E-state index in [1.54, 1.807) is 25.2 Å². The summed E-state index contributed by atoms with van der Waals surface area (Å²) in [5.41, 5.74) is -0.908. The lowest BCUT2D eigenvalue weighted by molar-refractivity contribution is -0.187.